The van der Waals surface area contributed by atoms with Gasteiger partial charge >= 0.3 is 0 Å². The fourth-order valence-electron chi connectivity index (χ4n) is 2.26. The largest absolute Gasteiger partial charge is 0.457 e. The zero-order valence-electron chi connectivity index (χ0n) is 13.5. The van der Waals surface area contributed by atoms with E-state index in [9.17, 15) is 4.79 Å². The highest BCUT2D eigenvalue weighted by atomic mass is 16.5. The molecule has 0 fully saturated rings. The number of hydrogen-bond acceptors (Lipinski definition) is 4. The highest BCUT2D eigenvalue weighted by molar-refractivity contribution is 6.02. The molecule has 5 nitrogen and oxygen atoms in total. The summed E-state index contributed by atoms with van der Waals surface area (Å²) >= 11 is 0. The van der Waals surface area contributed by atoms with Crippen molar-refractivity contribution < 1.29 is 9.53 Å². The number of aryl methyl sites for hydroxylation is 2. The van der Waals surface area contributed by atoms with Crippen molar-refractivity contribution in [2.24, 2.45) is 0 Å². The molecule has 1 aromatic heterocycles. The minimum Gasteiger partial charge on any atom is -0.457 e. The fourth-order valence-corrected chi connectivity index (χ4v) is 2.26. The third-order valence-corrected chi connectivity index (χ3v) is 3.29. The zero-order valence-corrected chi connectivity index (χ0v) is 13.5. The van der Waals surface area contributed by atoms with Crippen LogP contribution in [0.15, 0.2) is 60.7 Å². The number of aromatic nitrogens is 2. The summed E-state index contributed by atoms with van der Waals surface area (Å²) < 4.78 is 5.72. The van der Waals surface area contributed by atoms with Crippen LogP contribution in [-0.4, -0.2) is 15.9 Å². The summed E-state index contributed by atoms with van der Waals surface area (Å²) in [4.78, 5) is 20.6. The Kier molecular flexibility index (Phi) is 4.52. The molecule has 0 radical (unpaired) electrons. The van der Waals surface area contributed by atoms with E-state index in [0.717, 1.165) is 11.4 Å². The number of para-hydroxylation sites is 1. The Labute approximate surface area is 140 Å². The lowest BCUT2D eigenvalue weighted by Gasteiger charge is -2.08. The molecule has 0 unspecified atom stereocenters. The molecule has 0 aliphatic rings. The Morgan fingerprint density at radius 3 is 2.25 bits per heavy atom. The lowest BCUT2D eigenvalue weighted by molar-refractivity contribution is 0.102. The van der Waals surface area contributed by atoms with E-state index in [4.69, 9.17) is 4.74 Å². The van der Waals surface area contributed by atoms with Crippen molar-refractivity contribution in [3.63, 3.8) is 0 Å². The SMILES string of the molecule is Cc1cc(C(=O)Nc2ccc(Oc3ccccc3)cc2)nc(C)n1. The van der Waals surface area contributed by atoms with Crippen LogP contribution in [-0.2, 0) is 0 Å². The summed E-state index contributed by atoms with van der Waals surface area (Å²) in [5.41, 5.74) is 1.79. The smallest absolute Gasteiger partial charge is 0.274 e. The average molecular weight is 319 g/mol. The molecule has 0 bridgehead atoms. The molecule has 0 saturated heterocycles. The lowest BCUT2D eigenvalue weighted by Crippen LogP contribution is -2.15. The molecule has 1 N–H and O–H groups in total. The van der Waals surface area contributed by atoms with Gasteiger partial charge in [0.05, 0.1) is 0 Å². The van der Waals surface area contributed by atoms with Crippen LogP contribution in [0.25, 0.3) is 0 Å². The van der Waals surface area contributed by atoms with E-state index < -0.39 is 0 Å². The number of ether oxygens (including phenoxy) is 1. The summed E-state index contributed by atoms with van der Waals surface area (Å²) in [7, 11) is 0. The predicted octanol–water partition coefficient (Wildman–Crippen LogP) is 4.14. The normalized spacial score (nSPS) is 10.2. The summed E-state index contributed by atoms with van der Waals surface area (Å²) in [5.74, 6) is 1.78. The maximum atomic E-state index is 12.3. The summed E-state index contributed by atoms with van der Waals surface area (Å²) in [6, 6.07) is 18.4. The number of benzene rings is 2. The molecule has 0 spiro atoms. The van der Waals surface area contributed by atoms with E-state index in [-0.39, 0.29) is 5.91 Å². The van der Waals surface area contributed by atoms with Crippen molar-refractivity contribution in [3.8, 4) is 11.5 Å². The number of nitrogens with zero attached hydrogens (tertiary/aromatic N) is 2. The molecular weight excluding hydrogens is 302 g/mol. The Balaban J connectivity index is 1.68. The van der Waals surface area contributed by atoms with Gasteiger partial charge in [-0.1, -0.05) is 18.2 Å². The Bertz CT molecular complexity index is 826. The molecule has 1 heterocycles. The molecule has 1 amide bonds. The van der Waals surface area contributed by atoms with Gasteiger partial charge in [0.15, 0.2) is 0 Å². The maximum Gasteiger partial charge on any atom is 0.274 e. The molecule has 2 aromatic carbocycles. The standard InChI is InChI=1S/C19H17N3O2/c1-13-12-18(21-14(2)20-13)19(23)22-15-8-10-17(11-9-15)24-16-6-4-3-5-7-16/h3-12H,1-2H3,(H,22,23). The van der Waals surface area contributed by atoms with Gasteiger partial charge in [0.1, 0.15) is 23.0 Å². The van der Waals surface area contributed by atoms with Gasteiger partial charge in [-0.25, -0.2) is 9.97 Å². The topological polar surface area (TPSA) is 64.1 Å². The highest BCUT2D eigenvalue weighted by Gasteiger charge is 2.09. The molecule has 0 aliphatic heterocycles. The van der Waals surface area contributed by atoms with Crippen LogP contribution in [0.1, 0.15) is 22.0 Å². The number of nitrogens with one attached hydrogen (secondary N) is 1. The second kappa shape index (κ2) is 6.91. The quantitative estimate of drug-likeness (QED) is 0.785. The maximum absolute atomic E-state index is 12.3. The van der Waals surface area contributed by atoms with Gasteiger partial charge in [-0.3, -0.25) is 4.79 Å². The molecule has 3 rings (SSSR count). The zero-order chi connectivity index (χ0) is 16.9. The van der Waals surface area contributed by atoms with Crippen molar-refractivity contribution in [3.05, 3.63) is 77.9 Å². The van der Waals surface area contributed by atoms with Gasteiger partial charge in [-0.05, 0) is 56.3 Å². The van der Waals surface area contributed by atoms with Crippen LogP contribution in [0.2, 0.25) is 0 Å². The molecular formula is C19H17N3O2. The molecule has 24 heavy (non-hydrogen) atoms. The first-order valence-corrected chi connectivity index (χ1v) is 7.57. The summed E-state index contributed by atoms with van der Waals surface area (Å²) in [6.45, 7) is 3.60. The minimum atomic E-state index is -0.264. The monoisotopic (exact) mass is 319 g/mol. The van der Waals surface area contributed by atoms with Gasteiger partial charge < -0.3 is 10.1 Å². The first-order chi connectivity index (χ1) is 11.6. The summed E-state index contributed by atoms with van der Waals surface area (Å²) in [6.07, 6.45) is 0. The third-order valence-electron chi connectivity index (χ3n) is 3.29. The summed E-state index contributed by atoms with van der Waals surface area (Å²) in [5, 5.41) is 2.82. The number of rotatable bonds is 4. The number of anilines is 1. The molecule has 120 valence electrons. The van der Waals surface area contributed by atoms with Crippen LogP contribution >= 0.6 is 0 Å². The first-order valence-electron chi connectivity index (χ1n) is 7.57. The predicted molar refractivity (Wildman–Crippen MR) is 92.4 cm³/mol. The van der Waals surface area contributed by atoms with Crippen LogP contribution in [0.4, 0.5) is 5.69 Å². The highest BCUT2D eigenvalue weighted by Crippen LogP contribution is 2.22. The van der Waals surface area contributed by atoms with Crippen molar-refractivity contribution in [2.75, 3.05) is 5.32 Å². The molecule has 5 heteroatoms. The van der Waals surface area contributed by atoms with Crippen LogP contribution in [0.5, 0.6) is 11.5 Å². The van der Waals surface area contributed by atoms with Gasteiger partial charge in [0.2, 0.25) is 0 Å². The van der Waals surface area contributed by atoms with E-state index in [1.165, 1.54) is 0 Å². The number of carbonyl (C=O) groups is 1. The van der Waals surface area contributed by atoms with Gasteiger partial charge in [0, 0.05) is 11.4 Å². The lowest BCUT2D eigenvalue weighted by atomic mass is 10.2. The average Bonchev–Trinajstić information content (AvgIpc) is 2.57. The Morgan fingerprint density at radius 2 is 1.58 bits per heavy atom. The van der Waals surface area contributed by atoms with Crippen LogP contribution in [0.3, 0.4) is 0 Å². The molecule has 3 aromatic rings. The Hall–Kier alpha value is -3.21. The van der Waals surface area contributed by atoms with Gasteiger partial charge in [-0.2, -0.15) is 0 Å². The minimum absolute atomic E-state index is 0.264. The van der Waals surface area contributed by atoms with E-state index >= 15 is 0 Å². The van der Waals surface area contributed by atoms with Crippen molar-refractivity contribution >= 4 is 11.6 Å². The number of carbonyl (C=O) groups excluding carboxylic acids is 1. The van der Waals surface area contributed by atoms with Crippen molar-refractivity contribution in [2.45, 2.75) is 13.8 Å². The number of hydrogen-bond donors (Lipinski definition) is 1. The Morgan fingerprint density at radius 1 is 0.917 bits per heavy atom. The fraction of sp³-hybridized carbons (Fsp3) is 0.105. The third kappa shape index (κ3) is 3.95. The molecule has 0 saturated carbocycles. The van der Waals surface area contributed by atoms with E-state index in [1.807, 2.05) is 37.3 Å². The molecule has 0 atom stereocenters. The van der Waals surface area contributed by atoms with E-state index in [0.29, 0.717) is 23.0 Å². The van der Waals surface area contributed by atoms with Gasteiger partial charge in [-0.15, -0.1) is 0 Å². The van der Waals surface area contributed by atoms with E-state index in [1.54, 1.807) is 37.3 Å². The number of amides is 1. The van der Waals surface area contributed by atoms with Crippen LogP contribution in [0, 0.1) is 13.8 Å². The van der Waals surface area contributed by atoms with Crippen LogP contribution < -0.4 is 10.1 Å². The van der Waals surface area contributed by atoms with E-state index in [2.05, 4.69) is 15.3 Å². The second-order valence-corrected chi connectivity index (χ2v) is 5.34. The first kappa shape index (κ1) is 15.7. The molecule has 0 aliphatic carbocycles. The van der Waals surface area contributed by atoms with Crippen molar-refractivity contribution in [1.29, 1.82) is 0 Å². The van der Waals surface area contributed by atoms with Gasteiger partial charge in [0.25, 0.3) is 5.91 Å². The second-order valence-electron chi connectivity index (χ2n) is 5.34. The van der Waals surface area contributed by atoms with Crippen molar-refractivity contribution in [1.82, 2.24) is 9.97 Å².